The van der Waals surface area contributed by atoms with Crippen molar-refractivity contribution in [2.24, 2.45) is 0 Å². The normalized spacial score (nSPS) is 14.7. The first-order valence-electron chi connectivity index (χ1n) is 6.73. The van der Waals surface area contributed by atoms with E-state index < -0.39 is 0 Å². The van der Waals surface area contributed by atoms with Gasteiger partial charge in [-0.15, -0.1) is 11.3 Å². The van der Waals surface area contributed by atoms with Gasteiger partial charge in [-0.2, -0.15) is 0 Å². The van der Waals surface area contributed by atoms with Crippen molar-refractivity contribution in [3.63, 3.8) is 0 Å². The quantitative estimate of drug-likeness (QED) is 0.886. The fraction of sp³-hybridized carbons (Fsp3) is 0.400. The number of halogens is 1. The van der Waals surface area contributed by atoms with Gasteiger partial charge in [0.1, 0.15) is 10.8 Å². The lowest BCUT2D eigenvalue weighted by Gasteiger charge is -2.02. The van der Waals surface area contributed by atoms with Crippen LogP contribution in [-0.2, 0) is 17.9 Å². The molecule has 1 N–H and O–H groups in total. The van der Waals surface area contributed by atoms with E-state index in [0.717, 1.165) is 22.8 Å². The Bertz CT molecular complexity index is 595. The molecule has 3 nitrogen and oxygen atoms in total. The SMILES string of the molecule is COCc1nc(-c2cccc(F)c2)sc1CNC1CC1. The number of thiazole rings is 1. The van der Waals surface area contributed by atoms with Gasteiger partial charge in [0.05, 0.1) is 12.3 Å². The zero-order valence-corrected chi connectivity index (χ0v) is 12.2. The Kier molecular flexibility index (Phi) is 4.10. The summed E-state index contributed by atoms with van der Waals surface area (Å²) in [6.07, 6.45) is 2.52. The maximum atomic E-state index is 13.3. The summed E-state index contributed by atoms with van der Waals surface area (Å²) >= 11 is 1.61. The summed E-state index contributed by atoms with van der Waals surface area (Å²) in [6.45, 7) is 1.31. The van der Waals surface area contributed by atoms with Crippen LogP contribution in [0.2, 0.25) is 0 Å². The molecular weight excluding hydrogens is 275 g/mol. The number of ether oxygens (including phenoxy) is 1. The van der Waals surface area contributed by atoms with Crippen molar-refractivity contribution in [2.45, 2.75) is 32.0 Å². The van der Waals surface area contributed by atoms with Gasteiger partial charge in [0.2, 0.25) is 0 Å². The van der Waals surface area contributed by atoms with Crippen LogP contribution in [0.5, 0.6) is 0 Å². The number of benzene rings is 1. The first-order valence-corrected chi connectivity index (χ1v) is 7.55. The Morgan fingerprint density at radius 1 is 1.45 bits per heavy atom. The zero-order valence-electron chi connectivity index (χ0n) is 11.4. The maximum Gasteiger partial charge on any atom is 0.124 e. The Balaban J connectivity index is 1.84. The summed E-state index contributed by atoms with van der Waals surface area (Å²) in [5.74, 6) is -0.233. The van der Waals surface area contributed by atoms with Crippen LogP contribution >= 0.6 is 11.3 Å². The van der Waals surface area contributed by atoms with Crippen molar-refractivity contribution in [3.8, 4) is 10.6 Å². The predicted octanol–water partition coefficient (Wildman–Crippen LogP) is 3.35. The van der Waals surface area contributed by atoms with E-state index in [1.165, 1.54) is 29.9 Å². The van der Waals surface area contributed by atoms with Crippen LogP contribution in [0.25, 0.3) is 10.6 Å². The molecule has 2 aromatic rings. The Morgan fingerprint density at radius 2 is 2.30 bits per heavy atom. The second kappa shape index (κ2) is 5.99. The molecule has 1 aromatic carbocycles. The first-order chi connectivity index (χ1) is 9.76. The summed E-state index contributed by atoms with van der Waals surface area (Å²) in [4.78, 5) is 5.78. The molecule has 0 atom stereocenters. The van der Waals surface area contributed by atoms with Gasteiger partial charge < -0.3 is 10.1 Å². The molecule has 1 heterocycles. The number of hydrogen-bond donors (Lipinski definition) is 1. The van der Waals surface area contributed by atoms with Gasteiger partial charge in [-0.3, -0.25) is 0 Å². The molecule has 0 amide bonds. The van der Waals surface area contributed by atoms with Crippen molar-refractivity contribution >= 4 is 11.3 Å². The third-order valence-corrected chi connectivity index (χ3v) is 4.41. The lowest BCUT2D eigenvalue weighted by atomic mass is 10.2. The standard InChI is InChI=1S/C15H17FN2OS/c1-19-9-13-14(8-17-12-5-6-12)20-15(18-13)10-3-2-4-11(16)7-10/h2-4,7,12,17H,5-6,8-9H2,1H3. The Morgan fingerprint density at radius 3 is 3.00 bits per heavy atom. The minimum atomic E-state index is -0.233. The van der Waals surface area contributed by atoms with E-state index in [4.69, 9.17) is 4.74 Å². The van der Waals surface area contributed by atoms with Crippen LogP contribution in [0.4, 0.5) is 4.39 Å². The number of methoxy groups -OCH3 is 1. The highest BCUT2D eigenvalue weighted by Gasteiger charge is 2.21. The molecule has 0 bridgehead atoms. The van der Waals surface area contributed by atoms with Crippen LogP contribution in [0, 0.1) is 5.82 Å². The maximum absolute atomic E-state index is 13.3. The zero-order chi connectivity index (χ0) is 13.9. The van der Waals surface area contributed by atoms with Gasteiger partial charge in [-0.1, -0.05) is 12.1 Å². The van der Waals surface area contributed by atoms with Crippen molar-refractivity contribution in [3.05, 3.63) is 40.7 Å². The molecule has 20 heavy (non-hydrogen) atoms. The number of nitrogens with one attached hydrogen (secondary N) is 1. The molecule has 106 valence electrons. The average molecular weight is 292 g/mol. The molecule has 0 aliphatic heterocycles. The highest BCUT2D eigenvalue weighted by atomic mass is 32.1. The Labute approximate surface area is 121 Å². The molecule has 1 aliphatic rings. The van der Waals surface area contributed by atoms with Crippen LogP contribution in [0.1, 0.15) is 23.4 Å². The summed E-state index contributed by atoms with van der Waals surface area (Å²) in [5, 5.41) is 4.34. The number of nitrogens with zero attached hydrogens (tertiary/aromatic N) is 1. The number of aromatic nitrogens is 1. The van der Waals surface area contributed by atoms with Gasteiger partial charge >= 0.3 is 0 Å². The monoisotopic (exact) mass is 292 g/mol. The second-order valence-corrected chi connectivity index (χ2v) is 6.07. The Hall–Kier alpha value is -1.30. The third-order valence-electron chi connectivity index (χ3n) is 3.26. The molecule has 0 saturated heterocycles. The molecule has 1 saturated carbocycles. The van der Waals surface area contributed by atoms with E-state index in [-0.39, 0.29) is 5.82 Å². The number of hydrogen-bond acceptors (Lipinski definition) is 4. The largest absolute Gasteiger partial charge is 0.378 e. The topological polar surface area (TPSA) is 34.1 Å². The first kappa shape index (κ1) is 13.7. The molecular formula is C15H17FN2OS. The van der Waals surface area contributed by atoms with E-state index in [0.29, 0.717) is 12.6 Å². The van der Waals surface area contributed by atoms with Gasteiger partial charge in [0.15, 0.2) is 0 Å². The second-order valence-electron chi connectivity index (χ2n) is 4.99. The summed E-state index contributed by atoms with van der Waals surface area (Å²) in [5.41, 5.74) is 1.77. The van der Waals surface area contributed by atoms with E-state index in [9.17, 15) is 4.39 Å². The van der Waals surface area contributed by atoms with Gasteiger partial charge in [-0.05, 0) is 25.0 Å². The van der Waals surface area contributed by atoms with Crippen molar-refractivity contribution in [2.75, 3.05) is 7.11 Å². The lowest BCUT2D eigenvalue weighted by molar-refractivity contribution is 0.181. The van der Waals surface area contributed by atoms with Crippen molar-refractivity contribution in [1.29, 1.82) is 0 Å². The molecule has 3 rings (SSSR count). The van der Waals surface area contributed by atoms with Crippen LogP contribution in [0.15, 0.2) is 24.3 Å². The number of rotatable bonds is 6. The lowest BCUT2D eigenvalue weighted by Crippen LogP contribution is -2.15. The van der Waals surface area contributed by atoms with Gasteiger partial charge in [0, 0.05) is 30.1 Å². The van der Waals surface area contributed by atoms with Gasteiger partial charge in [-0.25, -0.2) is 9.37 Å². The molecule has 1 aliphatic carbocycles. The molecule has 1 fully saturated rings. The summed E-state index contributed by atoms with van der Waals surface area (Å²) in [7, 11) is 1.67. The van der Waals surface area contributed by atoms with E-state index in [1.54, 1.807) is 24.5 Å². The van der Waals surface area contributed by atoms with Crippen LogP contribution < -0.4 is 5.32 Å². The van der Waals surface area contributed by atoms with Crippen LogP contribution in [0.3, 0.4) is 0 Å². The third kappa shape index (κ3) is 3.23. The summed E-state index contributed by atoms with van der Waals surface area (Å²) < 4.78 is 18.5. The molecule has 0 radical (unpaired) electrons. The van der Waals surface area contributed by atoms with Crippen molar-refractivity contribution in [1.82, 2.24) is 10.3 Å². The van der Waals surface area contributed by atoms with E-state index >= 15 is 0 Å². The predicted molar refractivity (Wildman–Crippen MR) is 78.1 cm³/mol. The van der Waals surface area contributed by atoms with E-state index in [1.807, 2.05) is 6.07 Å². The van der Waals surface area contributed by atoms with E-state index in [2.05, 4.69) is 10.3 Å². The smallest absolute Gasteiger partial charge is 0.124 e. The summed E-state index contributed by atoms with van der Waals surface area (Å²) in [6, 6.07) is 7.22. The fourth-order valence-electron chi connectivity index (χ4n) is 2.04. The highest BCUT2D eigenvalue weighted by Crippen LogP contribution is 2.30. The fourth-order valence-corrected chi connectivity index (χ4v) is 3.05. The van der Waals surface area contributed by atoms with Crippen molar-refractivity contribution < 1.29 is 9.13 Å². The minimum Gasteiger partial charge on any atom is -0.378 e. The molecule has 1 aromatic heterocycles. The molecule has 0 spiro atoms. The van der Waals surface area contributed by atoms with Crippen LogP contribution in [-0.4, -0.2) is 18.1 Å². The molecule has 0 unspecified atom stereocenters. The van der Waals surface area contributed by atoms with Gasteiger partial charge in [0.25, 0.3) is 0 Å². The highest BCUT2D eigenvalue weighted by molar-refractivity contribution is 7.15. The average Bonchev–Trinajstić information content (AvgIpc) is 3.18. The minimum absolute atomic E-state index is 0.233. The molecule has 5 heteroatoms.